The van der Waals surface area contributed by atoms with Gasteiger partial charge in [-0.25, -0.2) is 5.43 Å². The van der Waals surface area contributed by atoms with Crippen molar-refractivity contribution in [3.05, 3.63) is 61.6 Å². The molecule has 8 nitrogen and oxygen atoms in total. The van der Waals surface area contributed by atoms with E-state index in [4.69, 9.17) is 9.47 Å². The van der Waals surface area contributed by atoms with E-state index in [1.54, 1.807) is 39.2 Å². The van der Waals surface area contributed by atoms with E-state index in [0.29, 0.717) is 22.6 Å². The third-order valence-corrected chi connectivity index (χ3v) is 4.20. The van der Waals surface area contributed by atoms with Crippen molar-refractivity contribution in [2.75, 3.05) is 13.7 Å². The molecular formula is C18H18BrN3O5. The molecule has 27 heavy (non-hydrogen) atoms. The third-order valence-electron chi connectivity index (χ3n) is 3.58. The zero-order valence-corrected chi connectivity index (χ0v) is 16.6. The van der Waals surface area contributed by atoms with Crippen molar-refractivity contribution in [2.45, 2.75) is 13.8 Å². The second-order valence-electron chi connectivity index (χ2n) is 5.64. The van der Waals surface area contributed by atoms with Crippen molar-refractivity contribution in [3.63, 3.8) is 0 Å². The normalized spacial score (nSPS) is 10.7. The van der Waals surface area contributed by atoms with E-state index in [9.17, 15) is 14.9 Å². The van der Waals surface area contributed by atoms with Gasteiger partial charge in [0.2, 0.25) is 0 Å². The number of ether oxygens (including phenoxy) is 2. The fourth-order valence-corrected chi connectivity index (χ4v) is 2.93. The number of carbonyl (C=O) groups excluding carboxylic acids is 1. The fourth-order valence-electron chi connectivity index (χ4n) is 2.37. The highest BCUT2D eigenvalue weighted by Gasteiger charge is 2.14. The minimum absolute atomic E-state index is 0.0166. The first-order chi connectivity index (χ1) is 12.8. The number of non-ortho nitro benzene ring substituents is 1. The van der Waals surface area contributed by atoms with Crippen LogP contribution in [-0.2, 0) is 4.79 Å². The number of aryl methyl sites for hydroxylation is 2. The van der Waals surface area contributed by atoms with Gasteiger partial charge < -0.3 is 9.47 Å². The van der Waals surface area contributed by atoms with Gasteiger partial charge in [0.15, 0.2) is 6.61 Å². The second-order valence-corrected chi connectivity index (χ2v) is 6.50. The molecule has 0 saturated carbocycles. The Labute approximate surface area is 164 Å². The average Bonchev–Trinajstić information content (AvgIpc) is 2.61. The number of nitro benzene ring substituents is 1. The number of amides is 1. The molecule has 0 saturated heterocycles. The molecule has 0 aromatic heterocycles. The standard InChI is InChI=1S/C18H18BrN3O5/c1-11-6-14(22(24)25)7-12(2)18(11)27-10-17(23)21-20-9-13-4-5-16(26-3)15(19)8-13/h4-9H,10H2,1-3H3,(H,21,23)/b20-9+. The van der Waals surface area contributed by atoms with E-state index in [-0.39, 0.29) is 12.3 Å². The van der Waals surface area contributed by atoms with Gasteiger partial charge in [0.25, 0.3) is 11.6 Å². The molecular weight excluding hydrogens is 418 g/mol. The van der Waals surface area contributed by atoms with Crippen LogP contribution in [0.15, 0.2) is 39.9 Å². The van der Waals surface area contributed by atoms with Gasteiger partial charge in [-0.3, -0.25) is 14.9 Å². The van der Waals surface area contributed by atoms with Gasteiger partial charge in [0.1, 0.15) is 11.5 Å². The van der Waals surface area contributed by atoms with Crippen LogP contribution in [0, 0.1) is 24.0 Å². The van der Waals surface area contributed by atoms with Crippen LogP contribution < -0.4 is 14.9 Å². The summed E-state index contributed by atoms with van der Waals surface area (Å²) in [4.78, 5) is 22.3. The average molecular weight is 436 g/mol. The predicted molar refractivity (Wildman–Crippen MR) is 104 cm³/mol. The molecule has 0 fully saturated rings. The number of methoxy groups -OCH3 is 1. The summed E-state index contributed by atoms with van der Waals surface area (Å²) in [6, 6.07) is 8.17. The Morgan fingerprint density at radius 1 is 1.30 bits per heavy atom. The van der Waals surface area contributed by atoms with Crippen molar-refractivity contribution in [1.29, 1.82) is 0 Å². The number of hydrogen-bond donors (Lipinski definition) is 1. The molecule has 0 aliphatic heterocycles. The number of rotatable bonds is 7. The van der Waals surface area contributed by atoms with Gasteiger partial charge in [-0.1, -0.05) is 0 Å². The highest BCUT2D eigenvalue weighted by Crippen LogP contribution is 2.28. The summed E-state index contributed by atoms with van der Waals surface area (Å²) >= 11 is 3.37. The van der Waals surface area contributed by atoms with Gasteiger partial charge in [-0.15, -0.1) is 0 Å². The molecule has 0 atom stereocenters. The largest absolute Gasteiger partial charge is 0.496 e. The Morgan fingerprint density at radius 2 is 1.96 bits per heavy atom. The zero-order valence-electron chi connectivity index (χ0n) is 15.0. The number of hydrazone groups is 1. The Hall–Kier alpha value is -2.94. The topological polar surface area (TPSA) is 103 Å². The smallest absolute Gasteiger partial charge is 0.277 e. The Morgan fingerprint density at radius 3 is 2.52 bits per heavy atom. The summed E-state index contributed by atoms with van der Waals surface area (Å²) in [6.07, 6.45) is 1.49. The summed E-state index contributed by atoms with van der Waals surface area (Å²) in [5.41, 5.74) is 4.29. The van der Waals surface area contributed by atoms with E-state index in [1.165, 1.54) is 18.3 Å². The molecule has 0 heterocycles. The van der Waals surface area contributed by atoms with E-state index >= 15 is 0 Å². The van der Waals surface area contributed by atoms with Crippen molar-refractivity contribution >= 4 is 33.7 Å². The van der Waals surface area contributed by atoms with Crippen LogP contribution >= 0.6 is 15.9 Å². The van der Waals surface area contributed by atoms with Crippen LogP contribution in [0.3, 0.4) is 0 Å². The first-order valence-corrected chi connectivity index (χ1v) is 8.65. The number of nitro groups is 1. The van der Waals surface area contributed by atoms with Crippen molar-refractivity contribution in [1.82, 2.24) is 5.43 Å². The van der Waals surface area contributed by atoms with E-state index in [2.05, 4.69) is 26.5 Å². The Bertz CT molecular complexity index is 876. The molecule has 0 radical (unpaired) electrons. The molecule has 0 spiro atoms. The molecule has 0 aliphatic rings. The highest BCUT2D eigenvalue weighted by molar-refractivity contribution is 9.10. The molecule has 142 valence electrons. The minimum Gasteiger partial charge on any atom is -0.496 e. The minimum atomic E-state index is -0.470. The third kappa shape index (κ3) is 5.52. The maximum absolute atomic E-state index is 11.9. The lowest BCUT2D eigenvalue weighted by molar-refractivity contribution is -0.385. The molecule has 2 rings (SSSR count). The molecule has 2 aromatic carbocycles. The molecule has 0 aliphatic carbocycles. The molecule has 9 heteroatoms. The van der Waals surface area contributed by atoms with Gasteiger partial charge in [-0.05, 0) is 64.7 Å². The SMILES string of the molecule is COc1ccc(/C=N/NC(=O)COc2c(C)cc([N+](=O)[O-])cc2C)cc1Br. The van der Waals surface area contributed by atoms with E-state index in [1.807, 2.05) is 0 Å². The highest BCUT2D eigenvalue weighted by atomic mass is 79.9. The summed E-state index contributed by atoms with van der Waals surface area (Å²) in [5, 5.41) is 14.7. The van der Waals surface area contributed by atoms with Crippen LogP contribution in [-0.4, -0.2) is 30.8 Å². The van der Waals surface area contributed by atoms with Crippen LogP contribution in [0.25, 0.3) is 0 Å². The number of benzene rings is 2. The first-order valence-electron chi connectivity index (χ1n) is 7.85. The maximum Gasteiger partial charge on any atom is 0.277 e. The van der Waals surface area contributed by atoms with Crippen LogP contribution in [0.1, 0.15) is 16.7 Å². The number of hydrogen-bond acceptors (Lipinski definition) is 6. The number of carbonyl (C=O) groups is 1. The number of nitrogens with one attached hydrogen (secondary N) is 1. The maximum atomic E-state index is 11.9. The Balaban J connectivity index is 1.93. The first kappa shape index (κ1) is 20.4. The summed E-state index contributed by atoms with van der Waals surface area (Å²) in [5.74, 6) is 0.688. The lowest BCUT2D eigenvalue weighted by Gasteiger charge is -2.11. The number of halogens is 1. The van der Waals surface area contributed by atoms with Gasteiger partial charge in [-0.2, -0.15) is 5.10 Å². The Kier molecular flexibility index (Phi) is 6.89. The van der Waals surface area contributed by atoms with Gasteiger partial charge in [0, 0.05) is 12.1 Å². The van der Waals surface area contributed by atoms with Gasteiger partial charge >= 0.3 is 0 Å². The van der Waals surface area contributed by atoms with Crippen molar-refractivity contribution < 1.29 is 19.2 Å². The molecule has 1 N–H and O–H groups in total. The van der Waals surface area contributed by atoms with Crippen molar-refractivity contribution in [2.24, 2.45) is 5.10 Å². The van der Waals surface area contributed by atoms with Crippen LogP contribution in [0.4, 0.5) is 5.69 Å². The summed E-state index contributed by atoms with van der Waals surface area (Å²) in [6.45, 7) is 3.11. The van der Waals surface area contributed by atoms with Crippen molar-refractivity contribution in [3.8, 4) is 11.5 Å². The second kappa shape index (κ2) is 9.13. The fraction of sp³-hybridized carbons (Fsp3) is 0.222. The summed E-state index contributed by atoms with van der Waals surface area (Å²) < 4.78 is 11.4. The number of nitrogens with zero attached hydrogens (tertiary/aromatic N) is 2. The predicted octanol–water partition coefficient (Wildman–Crippen LogP) is 3.51. The lowest BCUT2D eigenvalue weighted by atomic mass is 10.1. The van der Waals surface area contributed by atoms with Gasteiger partial charge in [0.05, 0.1) is 22.7 Å². The van der Waals surface area contributed by atoms with E-state index in [0.717, 1.165) is 10.0 Å². The van der Waals surface area contributed by atoms with Crippen LogP contribution in [0.2, 0.25) is 0 Å². The lowest BCUT2D eigenvalue weighted by Crippen LogP contribution is -2.25. The molecule has 2 aromatic rings. The van der Waals surface area contributed by atoms with Crippen LogP contribution in [0.5, 0.6) is 11.5 Å². The monoisotopic (exact) mass is 435 g/mol. The van der Waals surface area contributed by atoms with E-state index < -0.39 is 10.8 Å². The molecule has 0 bridgehead atoms. The summed E-state index contributed by atoms with van der Waals surface area (Å²) in [7, 11) is 1.57. The zero-order chi connectivity index (χ0) is 20.0. The quantitative estimate of drug-likeness (QED) is 0.407. The molecule has 1 amide bonds. The molecule has 0 unspecified atom stereocenters.